The van der Waals surface area contributed by atoms with Gasteiger partial charge in [-0.1, -0.05) is 12.1 Å². The van der Waals surface area contributed by atoms with Gasteiger partial charge in [-0.05, 0) is 48.4 Å². The van der Waals surface area contributed by atoms with Crippen molar-refractivity contribution < 1.29 is 18.3 Å². The monoisotopic (exact) mass is 318 g/mol. The number of hydrogen-bond acceptors (Lipinski definition) is 4. The van der Waals surface area contributed by atoms with Crippen LogP contribution >= 0.6 is 0 Å². The largest absolute Gasteiger partial charge is 0.464 e. The fourth-order valence-electron chi connectivity index (χ4n) is 1.90. The first-order chi connectivity index (χ1) is 11.0. The van der Waals surface area contributed by atoms with Gasteiger partial charge in [0, 0.05) is 6.92 Å². The number of rotatable bonds is 6. The van der Waals surface area contributed by atoms with Crippen molar-refractivity contribution in [1.29, 1.82) is 0 Å². The van der Waals surface area contributed by atoms with Gasteiger partial charge in [-0.15, -0.1) is 0 Å². The van der Waals surface area contributed by atoms with E-state index in [9.17, 15) is 13.6 Å². The maximum atomic E-state index is 12.9. The van der Waals surface area contributed by atoms with Crippen LogP contribution in [-0.4, -0.2) is 18.6 Å². The summed E-state index contributed by atoms with van der Waals surface area (Å²) in [6.07, 6.45) is 0.443. The third-order valence-corrected chi connectivity index (χ3v) is 3.03. The molecule has 4 nitrogen and oxygen atoms in total. The second kappa shape index (κ2) is 8.12. The van der Waals surface area contributed by atoms with Crippen molar-refractivity contribution in [2.24, 2.45) is 10.2 Å². The highest BCUT2D eigenvalue weighted by Gasteiger charge is 2.11. The lowest BCUT2D eigenvalue weighted by atomic mass is 10.1. The minimum atomic E-state index is -0.411. The van der Waals surface area contributed by atoms with E-state index in [4.69, 9.17) is 4.74 Å². The number of halogens is 2. The van der Waals surface area contributed by atoms with Crippen LogP contribution in [0.5, 0.6) is 0 Å². The van der Waals surface area contributed by atoms with Crippen LogP contribution in [0.4, 0.5) is 14.5 Å². The lowest BCUT2D eigenvalue weighted by molar-refractivity contribution is -0.141. The molecule has 0 aromatic heterocycles. The first-order valence-electron chi connectivity index (χ1n) is 7.07. The van der Waals surface area contributed by atoms with Gasteiger partial charge in [0.05, 0.1) is 5.69 Å². The molecule has 0 fully saturated rings. The molecule has 0 radical (unpaired) electrons. The van der Waals surface area contributed by atoms with Gasteiger partial charge < -0.3 is 4.74 Å². The SMILES string of the molecule is CC(=O)OCC(Cc1ccc(F)cc1)N=Nc1ccc(F)cc1. The fraction of sp³-hybridized carbons (Fsp3) is 0.235. The van der Waals surface area contributed by atoms with Crippen molar-refractivity contribution >= 4 is 11.7 Å². The second-order valence-corrected chi connectivity index (χ2v) is 4.98. The minimum absolute atomic E-state index is 0.0669. The fourth-order valence-corrected chi connectivity index (χ4v) is 1.90. The molecule has 2 rings (SSSR count). The number of nitrogens with zero attached hydrogens (tertiary/aromatic N) is 2. The Hall–Kier alpha value is -2.63. The number of ether oxygens (including phenoxy) is 1. The first kappa shape index (κ1) is 16.7. The first-order valence-corrected chi connectivity index (χ1v) is 7.07. The molecule has 6 heteroatoms. The van der Waals surface area contributed by atoms with Crippen molar-refractivity contribution in [3.63, 3.8) is 0 Å². The zero-order valence-electron chi connectivity index (χ0n) is 12.6. The average Bonchev–Trinajstić information content (AvgIpc) is 2.53. The van der Waals surface area contributed by atoms with Crippen LogP contribution in [0, 0.1) is 11.6 Å². The van der Waals surface area contributed by atoms with Gasteiger partial charge in [-0.2, -0.15) is 10.2 Å². The Labute approximate surface area is 132 Å². The molecular weight excluding hydrogens is 302 g/mol. The van der Waals surface area contributed by atoms with Crippen molar-refractivity contribution in [2.45, 2.75) is 19.4 Å². The quantitative estimate of drug-likeness (QED) is 0.591. The summed E-state index contributed by atoms with van der Waals surface area (Å²) in [5.41, 5.74) is 1.35. The Balaban J connectivity index is 2.07. The summed E-state index contributed by atoms with van der Waals surface area (Å²) < 4.78 is 30.8. The van der Waals surface area contributed by atoms with Crippen LogP contribution < -0.4 is 0 Å². The van der Waals surface area contributed by atoms with Crippen LogP contribution in [0.1, 0.15) is 12.5 Å². The van der Waals surface area contributed by atoms with Gasteiger partial charge in [-0.25, -0.2) is 8.78 Å². The average molecular weight is 318 g/mol. The molecule has 1 atom stereocenters. The minimum Gasteiger partial charge on any atom is -0.464 e. The lowest BCUT2D eigenvalue weighted by Gasteiger charge is -2.11. The standard InChI is InChI=1S/C17H16F2N2O2/c1-12(22)23-11-17(10-13-2-4-14(18)5-3-13)21-20-16-8-6-15(19)7-9-16/h2-9,17H,10-11H2,1H3. The van der Waals surface area contributed by atoms with Crippen LogP contribution in [0.15, 0.2) is 58.8 Å². The second-order valence-electron chi connectivity index (χ2n) is 4.98. The normalized spacial score (nSPS) is 12.3. The van der Waals surface area contributed by atoms with E-state index < -0.39 is 12.0 Å². The predicted octanol–water partition coefficient (Wildman–Crippen LogP) is 4.22. The molecule has 0 spiro atoms. The molecule has 0 bridgehead atoms. The van der Waals surface area contributed by atoms with Gasteiger partial charge in [-0.3, -0.25) is 4.79 Å². The predicted molar refractivity (Wildman–Crippen MR) is 81.4 cm³/mol. The van der Waals surface area contributed by atoms with Crippen molar-refractivity contribution in [2.75, 3.05) is 6.61 Å². The molecule has 2 aromatic carbocycles. The lowest BCUT2D eigenvalue weighted by Crippen LogP contribution is -2.18. The van der Waals surface area contributed by atoms with Crippen LogP contribution in [0.2, 0.25) is 0 Å². The van der Waals surface area contributed by atoms with Crippen molar-refractivity contribution in [1.82, 2.24) is 0 Å². The van der Waals surface area contributed by atoms with Gasteiger partial charge >= 0.3 is 5.97 Å². The van der Waals surface area contributed by atoms with E-state index in [0.29, 0.717) is 12.1 Å². The smallest absolute Gasteiger partial charge is 0.302 e. The van der Waals surface area contributed by atoms with Crippen molar-refractivity contribution in [3.05, 3.63) is 65.7 Å². The van der Waals surface area contributed by atoms with Crippen LogP contribution in [0.3, 0.4) is 0 Å². The number of benzene rings is 2. The molecule has 0 amide bonds. The molecule has 0 saturated heterocycles. The topological polar surface area (TPSA) is 51.0 Å². The third-order valence-electron chi connectivity index (χ3n) is 3.03. The summed E-state index contributed by atoms with van der Waals surface area (Å²) in [6.45, 7) is 1.38. The van der Waals surface area contributed by atoms with Gasteiger partial charge in [0.2, 0.25) is 0 Å². The summed E-state index contributed by atoms with van der Waals surface area (Å²) in [5.74, 6) is -1.09. The maximum absolute atomic E-state index is 12.9. The molecule has 120 valence electrons. The summed E-state index contributed by atoms with van der Waals surface area (Å²) in [7, 11) is 0. The summed E-state index contributed by atoms with van der Waals surface area (Å²) in [5, 5.41) is 8.18. The zero-order chi connectivity index (χ0) is 16.7. The number of esters is 1. The van der Waals surface area contributed by atoms with E-state index in [-0.39, 0.29) is 18.2 Å². The van der Waals surface area contributed by atoms with E-state index in [1.54, 1.807) is 12.1 Å². The zero-order valence-corrected chi connectivity index (χ0v) is 12.6. The number of hydrogen-bond donors (Lipinski definition) is 0. The Bertz CT molecular complexity index is 670. The number of azo groups is 1. The molecule has 0 aliphatic heterocycles. The molecule has 23 heavy (non-hydrogen) atoms. The maximum Gasteiger partial charge on any atom is 0.302 e. The van der Waals surface area contributed by atoms with E-state index in [1.165, 1.54) is 43.3 Å². The van der Waals surface area contributed by atoms with Gasteiger partial charge in [0.15, 0.2) is 0 Å². The highest BCUT2D eigenvalue weighted by molar-refractivity contribution is 5.65. The van der Waals surface area contributed by atoms with E-state index in [2.05, 4.69) is 10.2 Å². The molecule has 1 unspecified atom stereocenters. The molecule has 2 aromatic rings. The van der Waals surface area contributed by atoms with Crippen molar-refractivity contribution in [3.8, 4) is 0 Å². The highest BCUT2D eigenvalue weighted by Crippen LogP contribution is 2.15. The van der Waals surface area contributed by atoms with E-state index >= 15 is 0 Å². The number of carbonyl (C=O) groups excluding carboxylic acids is 1. The molecule has 0 aliphatic carbocycles. The molecular formula is C17H16F2N2O2. The van der Waals surface area contributed by atoms with Gasteiger partial charge in [0.25, 0.3) is 0 Å². The van der Waals surface area contributed by atoms with Gasteiger partial charge in [0.1, 0.15) is 24.3 Å². The molecule has 0 saturated carbocycles. The summed E-state index contributed by atoms with van der Waals surface area (Å²) >= 11 is 0. The van der Waals surface area contributed by atoms with Crippen LogP contribution in [0.25, 0.3) is 0 Å². The Morgan fingerprint density at radius 1 is 1.04 bits per heavy atom. The molecule has 0 aliphatic rings. The van der Waals surface area contributed by atoms with E-state index in [1.807, 2.05) is 0 Å². The summed E-state index contributed by atoms with van der Waals surface area (Å²) in [6, 6.07) is 11.2. The highest BCUT2D eigenvalue weighted by atomic mass is 19.1. The van der Waals surface area contributed by atoms with E-state index in [0.717, 1.165) is 5.56 Å². The Morgan fingerprint density at radius 2 is 1.61 bits per heavy atom. The molecule has 0 N–H and O–H groups in total. The Morgan fingerprint density at radius 3 is 2.17 bits per heavy atom. The number of carbonyl (C=O) groups is 1. The Kier molecular flexibility index (Phi) is 5.91. The van der Waals surface area contributed by atoms with Crippen LogP contribution in [-0.2, 0) is 16.0 Å². The molecule has 0 heterocycles. The third kappa shape index (κ3) is 5.94. The summed E-state index contributed by atoms with van der Waals surface area (Å²) in [4.78, 5) is 11.0.